The van der Waals surface area contributed by atoms with Crippen LogP contribution in [0.4, 0.5) is 11.4 Å². The summed E-state index contributed by atoms with van der Waals surface area (Å²) >= 11 is 0. The molecular weight excluding hydrogens is 254 g/mol. The smallest absolute Gasteiger partial charge is 0.226 e. The Kier molecular flexibility index (Phi) is 6.73. The van der Waals surface area contributed by atoms with Gasteiger partial charge in [0.15, 0.2) is 0 Å². The molecule has 0 fully saturated rings. The highest BCUT2D eigenvalue weighted by atomic mass is 16.2. The molecule has 0 aliphatic rings. The number of nitrogens with one attached hydrogen (secondary N) is 3. The average Bonchev–Trinajstić information content (AvgIpc) is 2.39. The van der Waals surface area contributed by atoms with Gasteiger partial charge in [-0.15, -0.1) is 0 Å². The van der Waals surface area contributed by atoms with Gasteiger partial charge < -0.3 is 16.0 Å². The highest BCUT2D eigenvalue weighted by molar-refractivity contribution is 5.94. The largest absolute Gasteiger partial charge is 0.326 e. The minimum atomic E-state index is -0.0743. The SMILES string of the molecule is CNCCCC(=O)Nc1cccc(NC(=O)C(C)C)c1. The van der Waals surface area contributed by atoms with Crippen molar-refractivity contribution >= 4 is 23.2 Å². The van der Waals surface area contributed by atoms with Gasteiger partial charge in [0, 0.05) is 23.7 Å². The molecule has 5 nitrogen and oxygen atoms in total. The molecule has 1 rings (SSSR count). The quantitative estimate of drug-likeness (QED) is 0.669. The molecule has 0 radical (unpaired) electrons. The second kappa shape index (κ2) is 8.32. The molecule has 0 spiro atoms. The maximum absolute atomic E-state index is 11.7. The molecule has 3 N–H and O–H groups in total. The fraction of sp³-hybridized carbons (Fsp3) is 0.467. The van der Waals surface area contributed by atoms with Crippen molar-refractivity contribution in [2.75, 3.05) is 24.2 Å². The third kappa shape index (κ3) is 5.84. The molecule has 0 saturated heterocycles. The van der Waals surface area contributed by atoms with E-state index in [9.17, 15) is 9.59 Å². The van der Waals surface area contributed by atoms with Crippen LogP contribution >= 0.6 is 0 Å². The number of amides is 2. The van der Waals surface area contributed by atoms with E-state index in [1.807, 2.05) is 20.9 Å². The molecule has 1 aromatic rings. The van der Waals surface area contributed by atoms with Crippen LogP contribution in [0.1, 0.15) is 26.7 Å². The second-order valence-electron chi connectivity index (χ2n) is 4.98. The van der Waals surface area contributed by atoms with Crippen LogP contribution in [0.2, 0.25) is 0 Å². The van der Waals surface area contributed by atoms with Gasteiger partial charge >= 0.3 is 0 Å². The highest BCUT2D eigenvalue weighted by Gasteiger charge is 2.08. The Hall–Kier alpha value is -1.88. The summed E-state index contributed by atoms with van der Waals surface area (Å²) in [5.74, 6) is -0.134. The maximum Gasteiger partial charge on any atom is 0.226 e. The van der Waals surface area contributed by atoms with Crippen molar-refractivity contribution in [1.82, 2.24) is 5.32 Å². The van der Waals surface area contributed by atoms with E-state index in [0.29, 0.717) is 17.8 Å². The number of carbonyl (C=O) groups excluding carboxylic acids is 2. The van der Waals surface area contributed by atoms with E-state index in [0.717, 1.165) is 13.0 Å². The van der Waals surface area contributed by atoms with Crippen LogP contribution < -0.4 is 16.0 Å². The van der Waals surface area contributed by atoms with E-state index in [2.05, 4.69) is 16.0 Å². The lowest BCUT2D eigenvalue weighted by Crippen LogP contribution is -2.18. The predicted molar refractivity (Wildman–Crippen MR) is 81.7 cm³/mol. The van der Waals surface area contributed by atoms with E-state index >= 15 is 0 Å². The summed E-state index contributed by atoms with van der Waals surface area (Å²) < 4.78 is 0. The molecular formula is C15H23N3O2. The first-order valence-electron chi connectivity index (χ1n) is 6.88. The Morgan fingerprint density at radius 3 is 2.40 bits per heavy atom. The zero-order chi connectivity index (χ0) is 15.0. The van der Waals surface area contributed by atoms with Crippen LogP contribution in [0.15, 0.2) is 24.3 Å². The number of rotatable bonds is 7. The van der Waals surface area contributed by atoms with Gasteiger partial charge in [0.2, 0.25) is 11.8 Å². The van der Waals surface area contributed by atoms with Crippen molar-refractivity contribution in [3.8, 4) is 0 Å². The van der Waals surface area contributed by atoms with Gasteiger partial charge in [-0.3, -0.25) is 9.59 Å². The van der Waals surface area contributed by atoms with Gasteiger partial charge in [0.1, 0.15) is 0 Å². The van der Waals surface area contributed by atoms with Crippen molar-refractivity contribution in [2.24, 2.45) is 5.92 Å². The molecule has 0 aliphatic carbocycles. The molecule has 0 atom stereocenters. The summed E-state index contributed by atoms with van der Waals surface area (Å²) in [6, 6.07) is 7.17. The Bertz CT molecular complexity index is 458. The van der Waals surface area contributed by atoms with Gasteiger partial charge in [-0.2, -0.15) is 0 Å². The van der Waals surface area contributed by atoms with Crippen molar-refractivity contribution in [1.29, 1.82) is 0 Å². The monoisotopic (exact) mass is 277 g/mol. The highest BCUT2D eigenvalue weighted by Crippen LogP contribution is 2.16. The summed E-state index contributed by atoms with van der Waals surface area (Å²) in [7, 11) is 1.86. The summed E-state index contributed by atoms with van der Waals surface area (Å²) in [5.41, 5.74) is 1.39. The third-order valence-corrected chi connectivity index (χ3v) is 2.77. The van der Waals surface area contributed by atoms with Crippen molar-refractivity contribution < 1.29 is 9.59 Å². The van der Waals surface area contributed by atoms with Gasteiger partial charge in [0.25, 0.3) is 0 Å². The number of benzene rings is 1. The van der Waals surface area contributed by atoms with E-state index in [1.54, 1.807) is 24.3 Å². The molecule has 1 aromatic carbocycles. The Morgan fingerprint density at radius 2 is 1.80 bits per heavy atom. The van der Waals surface area contributed by atoms with Gasteiger partial charge in [0.05, 0.1) is 0 Å². The summed E-state index contributed by atoms with van der Waals surface area (Å²) in [5, 5.41) is 8.63. The summed E-state index contributed by atoms with van der Waals surface area (Å²) in [6.45, 7) is 4.49. The van der Waals surface area contributed by atoms with E-state index < -0.39 is 0 Å². The average molecular weight is 277 g/mol. The molecule has 0 aliphatic heterocycles. The summed E-state index contributed by atoms with van der Waals surface area (Å²) in [4.78, 5) is 23.3. The Balaban J connectivity index is 2.55. The van der Waals surface area contributed by atoms with Gasteiger partial charge in [-0.25, -0.2) is 0 Å². The van der Waals surface area contributed by atoms with Crippen LogP contribution in [-0.2, 0) is 9.59 Å². The Morgan fingerprint density at radius 1 is 1.15 bits per heavy atom. The zero-order valence-corrected chi connectivity index (χ0v) is 12.3. The van der Waals surface area contributed by atoms with Crippen LogP contribution in [0.25, 0.3) is 0 Å². The molecule has 110 valence electrons. The van der Waals surface area contributed by atoms with Crippen molar-refractivity contribution in [3.05, 3.63) is 24.3 Å². The van der Waals surface area contributed by atoms with Gasteiger partial charge in [-0.05, 0) is 38.2 Å². The standard InChI is InChI=1S/C15H23N3O2/c1-11(2)15(20)18-13-7-4-6-12(10-13)17-14(19)8-5-9-16-3/h4,6-7,10-11,16H,5,8-9H2,1-3H3,(H,17,19)(H,18,20). The molecule has 5 heteroatoms. The number of hydrogen-bond acceptors (Lipinski definition) is 3. The second-order valence-corrected chi connectivity index (χ2v) is 4.98. The molecule has 20 heavy (non-hydrogen) atoms. The molecule has 0 aromatic heterocycles. The van der Waals surface area contributed by atoms with Crippen LogP contribution in [0.3, 0.4) is 0 Å². The number of hydrogen-bond donors (Lipinski definition) is 3. The fourth-order valence-corrected chi connectivity index (χ4v) is 1.61. The first-order chi connectivity index (χ1) is 9.52. The molecule has 0 bridgehead atoms. The minimum absolute atomic E-state index is 0.0208. The lowest BCUT2D eigenvalue weighted by Gasteiger charge is -2.10. The third-order valence-electron chi connectivity index (χ3n) is 2.77. The molecule has 2 amide bonds. The van der Waals surface area contributed by atoms with Gasteiger partial charge in [-0.1, -0.05) is 19.9 Å². The van der Waals surface area contributed by atoms with E-state index in [1.165, 1.54) is 0 Å². The van der Waals surface area contributed by atoms with Crippen LogP contribution in [0, 0.1) is 5.92 Å². The van der Waals surface area contributed by atoms with Crippen molar-refractivity contribution in [2.45, 2.75) is 26.7 Å². The topological polar surface area (TPSA) is 70.2 Å². The van der Waals surface area contributed by atoms with E-state index in [-0.39, 0.29) is 17.7 Å². The molecule has 0 heterocycles. The minimum Gasteiger partial charge on any atom is -0.326 e. The van der Waals surface area contributed by atoms with Crippen LogP contribution in [0.5, 0.6) is 0 Å². The fourth-order valence-electron chi connectivity index (χ4n) is 1.61. The van der Waals surface area contributed by atoms with E-state index in [4.69, 9.17) is 0 Å². The normalized spacial score (nSPS) is 10.4. The molecule has 0 unspecified atom stereocenters. The lowest BCUT2D eigenvalue weighted by atomic mass is 10.2. The summed E-state index contributed by atoms with van der Waals surface area (Å²) in [6.07, 6.45) is 1.27. The van der Waals surface area contributed by atoms with Crippen LogP contribution in [-0.4, -0.2) is 25.4 Å². The zero-order valence-electron chi connectivity index (χ0n) is 12.3. The number of carbonyl (C=O) groups is 2. The molecule has 0 saturated carbocycles. The van der Waals surface area contributed by atoms with Crippen molar-refractivity contribution in [3.63, 3.8) is 0 Å². The first-order valence-corrected chi connectivity index (χ1v) is 6.88. The first kappa shape index (κ1) is 16.2. The maximum atomic E-state index is 11.7. The number of anilines is 2. The lowest BCUT2D eigenvalue weighted by molar-refractivity contribution is -0.119. The predicted octanol–water partition coefficient (Wildman–Crippen LogP) is 2.22. The Labute approximate surface area is 120 Å².